The van der Waals surface area contributed by atoms with Gasteiger partial charge < -0.3 is 19.8 Å². The minimum absolute atomic E-state index is 0.0640. The minimum Gasteiger partial charge on any atom is -0.387 e. The van der Waals surface area contributed by atoms with E-state index in [4.69, 9.17) is 9.05 Å². The first kappa shape index (κ1) is 45.2. The van der Waals surface area contributed by atoms with Crippen molar-refractivity contribution >= 4 is 13.7 Å². The van der Waals surface area contributed by atoms with Crippen LogP contribution in [0.15, 0.2) is 12.2 Å². The van der Waals surface area contributed by atoms with Crippen LogP contribution in [0.1, 0.15) is 168 Å². The summed E-state index contributed by atoms with van der Waals surface area (Å²) >= 11 is 0. The standard InChI is InChI=1S/C37H75N2O6P/c1-6-8-10-12-14-16-18-19-20-21-22-24-26-28-30-36(40)35(34-45-46(42,43)44-33-32-39(3,4)5)38-37(41)31-29-27-25-23-17-15-13-11-9-7-2/h28,30,35-36,40H,6-27,29,31-34H2,1-5H3,(H-,38,41,42,43)/p+1/b30-28+/t35-,36+/m0/s1. The second-order valence-electron chi connectivity index (χ2n) is 14.3. The Labute approximate surface area is 284 Å². The zero-order chi connectivity index (χ0) is 34.4. The summed E-state index contributed by atoms with van der Waals surface area (Å²) in [6.07, 6.45) is 31.2. The van der Waals surface area contributed by atoms with Crippen molar-refractivity contribution in [3.8, 4) is 0 Å². The number of unbranched alkanes of at least 4 members (excludes halogenated alkanes) is 21. The summed E-state index contributed by atoms with van der Waals surface area (Å²) in [7, 11) is 1.58. The van der Waals surface area contributed by atoms with E-state index in [1.54, 1.807) is 6.08 Å². The molecule has 0 spiro atoms. The molecular weight excluding hydrogens is 599 g/mol. The molecule has 0 aromatic carbocycles. The predicted molar refractivity (Wildman–Crippen MR) is 194 cm³/mol. The third-order valence-electron chi connectivity index (χ3n) is 8.51. The molecule has 3 N–H and O–H groups in total. The first-order valence-electron chi connectivity index (χ1n) is 19.1. The number of likely N-dealkylation sites (N-methyl/N-ethyl adjacent to an activating group) is 1. The molecule has 0 aromatic rings. The lowest BCUT2D eigenvalue weighted by molar-refractivity contribution is -0.870. The second-order valence-corrected chi connectivity index (χ2v) is 15.8. The molecule has 3 atom stereocenters. The first-order valence-corrected chi connectivity index (χ1v) is 20.6. The van der Waals surface area contributed by atoms with E-state index in [0.29, 0.717) is 17.4 Å². The number of carbonyl (C=O) groups is 1. The summed E-state index contributed by atoms with van der Waals surface area (Å²) in [6.45, 7) is 4.78. The Kier molecular flexibility index (Phi) is 29.8. The highest BCUT2D eigenvalue weighted by Gasteiger charge is 2.27. The Balaban J connectivity index is 4.53. The molecule has 1 unspecified atom stereocenters. The molecule has 0 saturated heterocycles. The van der Waals surface area contributed by atoms with Crippen molar-refractivity contribution in [3.05, 3.63) is 12.2 Å². The molecule has 0 radical (unpaired) electrons. The summed E-state index contributed by atoms with van der Waals surface area (Å²) in [4.78, 5) is 22.9. The summed E-state index contributed by atoms with van der Waals surface area (Å²) in [5.74, 6) is -0.180. The lowest BCUT2D eigenvalue weighted by atomic mass is 10.0. The largest absolute Gasteiger partial charge is 0.472 e. The van der Waals surface area contributed by atoms with E-state index in [0.717, 1.165) is 38.5 Å². The number of hydrogen-bond acceptors (Lipinski definition) is 5. The van der Waals surface area contributed by atoms with Crippen molar-refractivity contribution in [2.75, 3.05) is 40.9 Å². The van der Waals surface area contributed by atoms with Gasteiger partial charge in [-0.15, -0.1) is 0 Å². The van der Waals surface area contributed by atoms with Crippen molar-refractivity contribution in [2.24, 2.45) is 0 Å². The van der Waals surface area contributed by atoms with Gasteiger partial charge in [-0.05, 0) is 19.3 Å². The predicted octanol–water partition coefficient (Wildman–Crippen LogP) is 9.63. The van der Waals surface area contributed by atoms with Gasteiger partial charge >= 0.3 is 7.82 Å². The smallest absolute Gasteiger partial charge is 0.387 e. The number of phosphoric ester groups is 1. The Morgan fingerprint density at radius 3 is 1.61 bits per heavy atom. The molecule has 274 valence electrons. The third kappa shape index (κ3) is 31.8. The topological polar surface area (TPSA) is 105 Å². The van der Waals surface area contributed by atoms with Crippen LogP contribution in [0.4, 0.5) is 0 Å². The van der Waals surface area contributed by atoms with Crippen molar-refractivity contribution in [2.45, 2.75) is 180 Å². The molecular formula is C37H76N2O6P+. The number of rotatable bonds is 34. The molecule has 0 aliphatic heterocycles. The second kappa shape index (κ2) is 30.3. The fourth-order valence-corrected chi connectivity index (χ4v) is 6.13. The summed E-state index contributed by atoms with van der Waals surface area (Å²) in [5.41, 5.74) is 0. The maximum Gasteiger partial charge on any atom is 0.472 e. The van der Waals surface area contributed by atoms with Crippen LogP contribution in [-0.4, -0.2) is 73.4 Å². The zero-order valence-electron chi connectivity index (χ0n) is 30.8. The molecule has 1 amide bonds. The van der Waals surface area contributed by atoms with Crippen LogP contribution in [0.5, 0.6) is 0 Å². The van der Waals surface area contributed by atoms with Crippen LogP contribution in [-0.2, 0) is 18.4 Å². The van der Waals surface area contributed by atoms with Gasteiger partial charge in [-0.25, -0.2) is 4.57 Å². The Morgan fingerprint density at radius 1 is 0.717 bits per heavy atom. The van der Waals surface area contributed by atoms with Gasteiger partial charge in [0.1, 0.15) is 13.2 Å². The van der Waals surface area contributed by atoms with E-state index < -0.39 is 20.0 Å². The highest BCUT2D eigenvalue weighted by molar-refractivity contribution is 7.47. The van der Waals surface area contributed by atoms with Crippen LogP contribution in [0.2, 0.25) is 0 Å². The van der Waals surface area contributed by atoms with Crippen LogP contribution in [0.3, 0.4) is 0 Å². The van der Waals surface area contributed by atoms with Crippen LogP contribution in [0.25, 0.3) is 0 Å². The normalized spacial score (nSPS) is 14.8. The van der Waals surface area contributed by atoms with E-state index in [-0.39, 0.29) is 19.1 Å². The third-order valence-corrected chi connectivity index (χ3v) is 9.49. The number of carbonyl (C=O) groups excluding carboxylic acids is 1. The molecule has 8 nitrogen and oxygen atoms in total. The van der Waals surface area contributed by atoms with E-state index >= 15 is 0 Å². The Morgan fingerprint density at radius 2 is 1.15 bits per heavy atom. The average molecular weight is 676 g/mol. The molecule has 0 fully saturated rings. The minimum atomic E-state index is -4.32. The quantitative estimate of drug-likeness (QED) is 0.0272. The van der Waals surface area contributed by atoms with Gasteiger partial charge in [0.05, 0.1) is 39.9 Å². The number of phosphoric acid groups is 1. The maximum absolute atomic E-state index is 12.7. The highest BCUT2D eigenvalue weighted by Crippen LogP contribution is 2.43. The molecule has 0 aliphatic carbocycles. The number of aliphatic hydroxyl groups is 1. The summed E-state index contributed by atoms with van der Waals surface area (Å²) in [6, 6.07) is -0.837. The molecule has 0 aliphatic rings. The van der Waals surface area contributed by atoms with Crippen molar-refractivity contribution in [1.29, 1.82) is 0 Å². The van der Waals surface area contributed by atoms with Crippen LogP contribution < -0.4 is 5.32 Å². The number of hydrogen-bond donors (Lipinski definition) is 3. The number of amides is 1. The van der Waals surface area contributed by atoms with Gasteiger partial charge in [0.15, 0.2) is 0 Å². The van der Waals surface area contributed by atoms with Crippen LogP contribution in [0, 0.1) is 0 Å². The molecule has 0 saturated carbocycles. The van der Waals surface area contributed by atoms with E-state index in [1.165, 1.54) is 109 Å². The average Bonchev–Trinajstić information content (AvgIpc) is 2.99. The number of quaternary nitrogens is 1. The molecule has 0 rings (SSSR count). The lowest BCUT2D eigenvalue weighted by Gasteiger charge is -2.25. The van der Waals surface area contributed by atoms with Gasteiger partial charge in [0.2, 0.25) is 5.91 Å². The summed E-state index contributed by atoms with van der Waals surface area (Å²) in [5, 5.41) is 13.7. The van der Waals surface area contributed by atoms with Crippen molar-refractivity contribution in [3.63, 3.8) is 0 Å². The monoisotopic (exact) mass is 676 g/mol. The van der Waals surface area contributed by atoms with E-state index in [1.807, 2.05) is 27.2 Å². The van der Waals surface area contributed by atoms with Gasteiger partial charge in [-0.1, -0.05) is 154 Å². The molecule has 0 aromatic heterocycles. The van der Waals surface area contributed by atoms with Gasteiger partial charge in [-0.2, -0.15) is 0 Å². The fraction of sp³-hybridized carbons (Fsp3) is 0.919. The molecule has 0 bridgehead atoms. The van der Waals surface area contributed by atoms with Gasteiger partial charge in [-0.3, -0.25) is 13.8 Å². The van der Waals surface area contributed by atoms with Crippen molar-refractivity contribution < 1.29 is 32.9 Å². The van der Waals surface area contributed by atoms with E-state index in [9.17, 15) is 19.4 Å². The Hall–Kier alpha value is -0.760. The van der Waals surface area contributed by atoms with Crippen molar-refractivity contribution in [1.82, 2.24) is 5.32 Å². The number of nitrogens with one attached hydrogen (secondary N) is 1. The first-order chi connectivity index (χ1) is 22.0. The lowest BCUT2D eigenvalue weighted by Crippen LogP contribution is -2.45. The zero-order valence-corrected chi connectivity index (χ0v) is 31.7. The molecule has 46 heavy (non-hydrogen) atoms. The van der Waals surface area contributed by atoms with Gasteiger partial charge in [0, 0.05) is 6.42 Å². The van der Waals surface area contributed by atoms with Gasteiger partial charge in [0.25, 0.3) is 0 Å². The molecule has 0 heterocycles. The van der Waals surface area contributed by atoms with Crippen LogP contribution >= 0.6 is 7.82 Å². The van der Waals surface area contributed by atoms with E-state index in [2.05, 4.69) is 19.2 Å². The number of aliphatic hydroxyl groups excluding tert-OH is 1. The Bertz CT molecular complexity index is 773. The number of allylic oxidation sites excluding steroid dienone is 1. The maximum atomic E-state index is 12.7. The molecule has 9 heteroatoms. The highest BCUT2D eigenvalue weighted by atomic mass is 31.2. The fourth-order valence-electron chi connectivity index (χ4n) is 5.39. The number of nitrogens with zero attached hydrogens (tertiary/aromatic N) is 1. The summed E-state index contributed by atoms with van der Waals surface area (Å²) < 4.78 is 23.4. The SMILES string of the molecule is CCCCCCCCCCCCCC/C=C/[C@@H](O)[C@H](COP(=O)(O)OCC[N+](C)(C)C)NC(=O)CCCCCCCCCCCC.